The Morgan fingerprint density at radius 3 is 2.25 bits per heavy atom. The van der Waals surface area contributed by atoms with Crippen LogP contribution in [0, 0.1) is 6.92 Å². The number of hydrogen-bond acceptors (Lipinski definition) is 0. The SMILES string of the molecule is CC.Cc1cc2ccc(C(F)(F)F)cc2[nH]1. The molecule has 0 aliphatic heterocycles. The predicted octanol–water partition coefficient (Wildman–Crippen LogP) is 4.52. The third-order valence-corrected chi connectivity index (χ3v) is 2.08. The molecule has 1 nitrogen and oxygen atoms in total. The second-order valence-corrected chi connectivity index (χ2v) is 3.25. The van der Waals surface area contributed by atoms with Crippen LogP contribution >= 0.6 is 0 Å². The number of nitrogens with one attached hydrogen (secondary N) is 1. The highest BCUT2D eigenvalue weighted by Crippen LogP contribution is 2.31. The van der Waals surface area contributed by atoms with Gasteiger partial charge in [0, 0.05) is 11.2 Å². The van der Waals surface area contributed by atoms with Crippen molar-refractivity contribution in [3.8, 4) is 0 Å². The number of alkyl halides is 3. The lowest BCUT2D eigenvalue weighted by molar-refractivity contribution is -0.137. The van der Waals surface area contributed by atoms with Gasteiger partial charge < -0.3 is 4.98 Å². The first-order valence-corrected chi connectivity index (χ1v) is 5.13. The molecule has 0 atom stereocenters. The molecule has 16 heavy (non-hydrogen) atoms. The molecule has 1 aromatic heterocycles. The Morgan fingerprint density at radius 2 is 1.69 bits per heavy atom. The van der Waals surface area contributed by atoms with Gasteiger partial charge in [-0.1, -0.05) is 19.9 Å². The van der Waals surface area contributed by atoms with Gasteiger partial charge in [-0.05, 0) is 30.5 Å². The van der Waals surface area contributed by atoms with Crippen LogP contribution in [-0.4, -0.2) is 4.98 Å². The Kier molecular flexibility index (Phi) is 3.62. The Hall–Kier alpha value is -1.45. The number of benzene rings is 1. The van der Waals surface area contributed by atoms with Gasteiger partial charge in [-0.15, -0.1) is 0 Å². The molecular formula is C12H14F3N. The monoisotopic (exact) mass is 229 g/mol. The van der Waals surface area contributed by atoms with Crippen molar-refractivity contribution >= 4 is 10.9 Å². The van der Waals surface area contributed by atoms with Crippen molar-refractivity contribution in [2.45, 2.75) is 26.9 Å². The minimum atomic E-state index is -4.27. The number of fused-ring (bicyclic) bond motifs is 1. The summed E-state index contributed by atoms with van der Waals surface area (Å²) in [5, 5.41) is 0.801. The van der Waals surface area contributed by atoms with E-state index >= 15 is 0 Å². The standard InChI is InChI=1S/C10H8F3N.C2H6/c1-6-4-7-2-3-8(10(11,12)13)5-9(7)14-6;1-2/h2-5,14H,1H3;1-2H3. The zero-order chi connectivity index (χ0) is 12.3. The topological polar surface area (TPSA) is 15.8 Å². The molecule has 4 heteroatoms. The maximum absolute atomic E-state index is 12.3. The lowest BCUT2D eigenvalue weighted by Gasteiger charge is -2.05. The molecule has 0 fully saturated rings. The highest BCUT2D eigenvalue weighted by atomic mass is 19.4. The fourth-order valence-electron chi connectivity index (χ4n) is 1.45. The Bertz CT molecular complexity index is 469. The zero-order valence-corrected chi connectivity index (χ0v) is 9.44. The van der Waals surface area contributed by atoms with Crippen LogP contribution in [0.5, 0.6) is 0 Å². The summed E-state index contributed by atoms with van der Waals surface area (Å²) in [6.07, 6.45) is -4.27. The number of H-pyrrole nitrogens is 1. The largest absolute Gasteiger partial charge is 0.416 e. The molecule has 0 radical (unpaired) electrons. The van der Waals surface area contributed by atoms with E-state index in [2.05, 4.69) is 4.98 Å². The molecule has 2 rings (SSSR count). The molecule has 1 heterocycles. The van der Waals surface area contributed by atoms with Crippen LogP contribution in [0.25, 0.3) is 10.9 Å². The van der Waals surface area contributed by atoms with Crippen molar-refractivity contribution in [2.75, 3.05) is 0 Å². The maximum Gasteiger partial charge on any atom is 0.416 e. The Labute approximate surface area is 92.3 Å². The summed E-state index contributed by atoms with van der Waals surface area (Å²) in [5.74, 6) is 0. The smallest absolute Gasteiger partial charge is 0.359 e. The average molecular weight is 229 g/mol. The third-order valence-electron chi connectivity index (χ3n) is 2.08. The van der Waals surface area contributed by atoms with E-state index in [0.717, 1.165) is 23.2 Å². The predicted molar refractivity (Wildman–Crippen MR) is 59.4 cm³/mol. The van der Waals surface area contributed by atoms with Crippen molar-refractivity contribution in [2.24, 2.45) is 0 Å². The van der Waals surface area contributed by atoms with Crippen LogP contribution in [0.1, 0.15) is 25.1 Å². The van der Waals surface area contributed by atoms with Crippen molar-refractivity contribution in [1.29, 1.82) is 0 Å². The highest BCUT2D eigenvalue weighted by molar-refractivity contribution is 5.81. The molecule has 2 aromatic rings. The van der Waals surface area contributed by atoms with Crippen LogP contribution in [0.2, 0.25) is 0 Å². The summed E-state index contributed by atoms with van der Waals surface area (Å²) in [5.41, 5.74) is 0.767. The molecule has 0 amide bonds. The van der Waals surface area contributed by atoms with E-state index in [1.807, 2.05) is 26.8 Å². The second kappa shape index (κ2) is 4.60. The van der Waals surface area contributed by atoms with Crippen LogP contribution in [0.3, 0.4) is 0 Å². The number of aromatic amines is 1. The van der Waals surface area contributed by atoms with Crippen LogP contribution in [-0.2, 0) is 6.18 Å². The number of aryl methyl sites for hydroxylation is 1. The first-order chi connectivity index (χ1) is 7.47. The molecule has 0 spiro atoms. The molecule has 0 aliphatic carbocycles. The average Bonchev–Trinajstić information content (AvgIpc) is 2.58. The molecule has 1 N–H and O–H groups in total. The van der Waals surface area contributed by atoms with Gasteiger partial charge in [-0.25, -0.2) is 0 Å². The van der Waals surface area contributed by atoms with Crippen molar-refractivity contribution in [3.63, 3.8) is 0 Å². The molecular weight excluding hydrogens is 215 g/mol. The van der Waals surface area contributed by atoms with Crippen molar-refractivity contribution in [1.82, 2.24) is 4.98 Å². The van der Waals surface area contributed by atoms with Crippen molar-refractivity contribution in [3.05, 3.63) is 35.5 Å². The van der Waals surface area contributed by atoms with Gasteiger partial charge in [0.25, 0.3) is 0 Å². The summed E-state index contributed by atoms with van der Waals surface area (Å²) < 4.78 is 36.9. The number of halogens is 3. The molecule has 0 bridgehead atoms. The van der Waals surface area contributed by atoms with Crippen LogP contribution in [0.15, 0.2) is 24.3 Å². The van der Waals surface area contributed by atoms with Gasteiger partial charge in [0.1, 0.15) is 0 Å². The summed E-state index contributed by atoms with van der Waals surface area (Å²) >= 11 is 0. The van der Waals surface area contributed by atoms with Crippen LogP contribution < -0.4 is 0 Å². The molecule has 88 valence electrons. The van der Waals surface area contributed by atoms with Gasteiger partial charge in [-0.2, -0.15) is 13.2 Å². The molecule has 1 aromatic carbocycles. The molecule has 0 saturated carbocycles. The van der Waals surface area contributed by atoms with E-state index in [9.17, 15) is 13.2 Å². The van der Waals surface area contributed by atoms with Crippen molar-refractivity contribution < 1.29 is 13.2 Å². The van der Waals surface area contributed by atoms with Gasteiger partial charge in [-0.3, -0.25) is 0 Å². The van der Waals surface area contributed by atoms with E-state index in [1.54, 1.807) is 0 Å². The third kappa shape index (κ3) is 2.56. The minimum absolute atomic E-state index is 0.525. The van der Waals surface area contributed by atoms with Gasteiger partial charge in [0.15, 0.2) is 0 Å². The first kappa shape index (κ1) is 12.6. The molecule has 0 aliphatic rings. The van der Waals surface area contributed by atoms with Gasteiger partial charge in [0.2, 0.25) is 0 Å². The number of rotatable bonds is 0. The lowest BCUT2D eigenvalue weighted by atomic mass is 10.1. The fraction of sp³-hybridized carbons (Fsp3) is 0.333. The highest BCUT2D eigenvalue weighted by Gasteiger charge is 2.30. The minimum Gasteiger partial charge on any atom is -0.359 e. The van der Waals surface area contributed by atoms with E-state index in [1.165, 1.54) is 6.07 Å². The number of hydrogen-bond donors (Lipinski definition) is 1. The number of aromatic nitrogens is 1. The normalized spacial score (nSPS) is 11.1. The maximum atomic E-state index is 12.3. The quantitative estimate of drug-likeness (QED) is 0.683. The lowest BCUT2D eigenvalue weighted by Crippen LogP contribution is -2.03. The Balaban J connectivity index is 0.000000606. The zero-order valence-electron chi connectivity index (χ0n) is 9.44. The first-order valence-electron chi connectivity index (χ1n) is 5.13. The van der Waals surface area contributed by atoms with E-state index < -0.39 is 11.7 Å². The molecule has 0 saturated heterocycles. The summed E-state index contributed by atoms with van der Waals surface area (Å²) in [6, 6.07) is 5.51. The molecule has 0 unspecified atom stereocenters. The summed E-state index contributed by atoms with van der Waals surface area (Å²) in [6.45, 7) is 5.81. The summed E-state index contributed by atoms with van der Waals surface area (Å²) in [7, 11) is 0. The Morgan fingerprint density at radius 1 is 1.06 bits per heavy atom. The van der Waals surface area contributed by atoms with E-state index in [-0.39, 0.29) is 0 Å². The van der Waals surface area contributed by atoms with Gasteiger partial charge >= 0.3 is 6.18 Å². The second-order valence-electron chi connectivity index (χ2n) is 3.25. The van der Waals surface area contributed by atoms with Gasteiger partial charge in [0.05, 0.1) is 5.56 Å². The van der Waals surface area contributed by atoms with E-state index in [0.29, 0.717) is 5.52 Å². The van der Waals surface area contributed by atoms with Crippen LogP contribution in [0.4, 0.5) is 13.2 Å². The summed E-state index contributed by atoms with van der Waals surface area (Å²) in [4.78, 5) is 2.87. The van der Waals surface area contributed by atoms with E-state index in [4.69, 9.17) is 0 Å². The fourth-order valence-corrected chi connectivity index (χ4v) is 1.45.